The zero-order chi connectivity index (χ0) is 12.3. The quantitative estimate of drug-likeness (QED) is 0.823. The molecule has 1 aromatic heterocycles. The third kappa shape index (κ3) is 3.00. The Labute approximate surface area is 101 Å². The second kappa shape index (κ2) is 4.91. The number of nitrogens with zero attached hydrogens (tertiary/aromatic N) is 2. The standard InChI is InChI=1S/C13H17N3O/c1-10(2)16-8-13(7-15-16)17-9-11-4-3-5-12(14)6-11/h3-8,10H,9,14H2,1-2H3. The van der Waals surface area contributed by atoms with E-state index >= 15 is 0 Å². The van der Waals surface area contributed by atoms with Crippen molar-refractivity contribution in [1.82, 2.24) is 9.78 Å². The molecule has 0 aliphatic rings. The lowest BCUT2D eigenvalue weighted by Gasteiger charge is -2.05. The molecule has 1 heterocycles. The number of nitrogens with two attached hydrogens (primary N) is 1. The Balaban J connectivity index is 1.97. The van der Waals surface area contributed by atoms with Gasteiger partial charge in [-0.05, 0) is 31.5 Å². The number of hydrogen-bond acceptors (Lipinski definition) is 3. The van der Waals surface area contributed by atoms with E-state index in [0.29, 0.717) is 12.6 Å². The second-order valence-electron chi connectivity index (χ2n) is 4.28. The molecule has 2 N–H and O–H groups in total. The predicted octanol–water partition coefficient (Wildman–Crippen LogP) is 2.63. The molecule has 0 radical (unpaired) electrons. The van der Waals surface area contributed by atoms with Crippen molar-refractivity contribution in [3.8, 4) is 5.75 Å². The lowest BCUT2D eigenvalue weighted by atomic mass is 10.2. The van der Waals surface area contributed by atoms with Gasteiger partial charge in [0.1, 0.15) is 6.61 Å². The predicted molar refractivity (Wildman–Crippen MR) is 67.8 cm³/mol. The third-order valence-corrected chi connectivity index (χ3v) is 2.46. The monoisotopic (exact) mass is 231 g/mol. The van der Waals surface area contributed by atoms with Crippen LogP contribution in [-0.4, -0.2) is 9.78 Å². The van der Waals surface area contributed by atoms with Crippen molar-refractivity contribution in [2.45, 2.75) is 26.5 Å². The van der Waals surface area contributed by atoms with Gasteiger partial charge in [0.2, 0.25) is 0 Å². The molecule has 0 aliphatic heterocycles. The molecule has 4 heteroatoms. The molecule has 0 aliphatic carbocycles. The Morgan fingerprint density at radius 3 is 2.88 bits per heavy atom. The van der Waals surface area contributed by atoms with Crippen LogP contribution in [-0.2, 0) is 6.61 Å². The first-order valence-electron chi connectivity index (χ1n) is 5.66. The molecule has 4 nitrogen and oxygen atoms in total. The molecule has 0 saturated heterocycles. The number of aromatic nitrogens is 2. The summed E-state index contributed by atoms with van der Waals surface area (Å²) in [7, 11) is 0. The van der Waals surface area contributed by atoms with Crippen molar-refractivity contribution in [2.75, 3.05) is 5.73 Å². The minimum absolute atomic E-state index is 0.347. The summed E-state index contributed by atoms with van der Waals surface area (Å²) in [6, 6.07) is 8.03. The van der Waals surface area contributed by atoms with E-state index in [1.807, 2.05) is 35.1 Å². The van der Waals surface area contributed by atoms with Crippen molar-refractivity contribution in [3.05, 3.63) is 42.2 Å². The molecule has 90 valence electrons. The van der Waals surface area contributed by atoms with E-state index < -0.39 is 0 Å². The molecule has 2 rings (SSSR count). The van der Waals surface area contributed by atoms with Gasteiger partial charge in [-0.1, -0.05) is 12.1 Å². The molecule has 0 atom stereocenters. The van der Waals surface area contributed by atoms with Gasteiger partial charge < -0.3 is 10.5 Å². The number of anilines is 1. The lowest BCUT2D eigenvalue weighted by Crippen LogP contribution is -2.00. The summed E-state index contributed by atoms with van der Waals surface area (Å²) in [5, 5.41) is 4.21. The number of benzene rings is 1. The van der Waals surface area contributed by atoms with Crippen LogP contribution in [0.5, 0.6) is 5.75 Å². The topological polar surface area (TPSA) is 53.1 Å². The number of rotatable bonds is 4. The van der Waals surface area contributed by atoms with E-state index in [-0.39, 0.29) is 0 Å². The van der Waals surface area contributed by atoms with Crippen LogP contribution in [0.2, 0.25) is 0 Å². The van der Waals surface area contributed by atoms with Gasteiger partial charge in [0.15, 0.2) is 5.75 Å². The van der Waals surface area contributed by atoms with Gasteiger partial charge in [-0.15, -0.1) is 0 Å². The van der Waals surface area contributed by atoms with E-state index in [1.165, 1.54) is 0 Å². The van der Waals surface area contributed by atoms with Gasteiger partial charge in [-0.25, -0.2) is 0 Å². The molecule has 0 unspecified atom stereocenters. The van der Waals surface area contributed by atoms with E-state index in [4.69, 9.17) is 10.5 Å². The molecular formula is C13H17N3O. The first kappa shape index (κ1) is 11.5. The summed E-state index contributed by atoms with van der Waals surface area (Å²) in [5.74, 6) is 0.779. The smallest absolute Gasteiger partial charge is 0.157 e. The van der Waals surface area contributed by atoms with Crippen molar-refractivity contribution >= 4 is 5.69 Å². The van der Waals surface area contributed by atoms with Crippen LogP contribution in [0.25, 0.3) is 0 Å². The van der Waals surface area contributed by atoms with Crippen LogP contribution >= 0.6 is 0 Å². The maximum absolute atomic E-state index is 5.70. The van der Waals surface area contributed by atoms with Gasteiger partial charge in [0.25, 0.3) is 0 Å². The van der Waals surface area contributed by atoms with Crippen LogP contribution in [0.3, 0.4) is 0 Å². The Morgan fingerprint density at radius 2 is 2.24 bits per heavy atom. The fraction of sp³-hybridized carbons (Fsp3) is 0.308. The maximum atomic E-state index is 5.70. The highest BCUT2D eigenvalue weighted by atomic mass is 16.5. The number of hydrogen-bond donors (Lipinski definition) is 1. The van der Waals surface area contributed by atoms with Crippen molar-refractivity contribution in [2.24, 2.45) is 0 Å². The molecule has 0 fully saturated rings. The highest BCUT2D eigenvalue weighted by Gasteiger charge is 2.02. The molecule has 0 bridgehead atoms. The largest absolute Gasteiger partial charge is 0.486 e. The van der Waals surface area contributed by atoms with E-state index in [9.17, 15) is 0 Å². The minimum atomic E-state index is 0.347. The first-order valence-corrected chi connectivity index (χ1v) is 5.66. The third-order valence-electron chi connectivity index (χ3n) is 2.46. The highest BCUT2D eigenvalue weighted by molar-refractivity contribution is 5.40. The normalized spacial score (nSPS) is 10.8. The molecular weight excluding hydrogens is 214 g/mol. The summed E-state index contributed by atoms with van der Waals surface area (Å²) in [6.07, 6.45) is 3.63. The summed E-state index contributed by atoms with van der Waals surface area (Å²) >= 11 is 0. The average molecular weight is 231 g/mol. The molecule has 17 heavy (non-hydrogen) atoms. The highest BCUT2D eigenvalue weighted by Crippen LogP contribution is 2.15. The van der Waals surface area contributed by atoms with E-state index in [0.717, 1.165) is 17.0 Å². The molecule has 1 aromatic carbocycles. The van der Waals surface area contributed by atoms with Gasteiger partial charge in [-0.3, -0.25) is 4.68 Å². The van der Waals surface area contributed by atoms with Crippen molar-refractivity contribution < 1.29 is 4.74 Å². The molecule has 0 saturated carbocycles. The van der Waals surface area contributed by atoms with Crippen LogP contribution in [0, 0.1) is 0 Å². The maximum Gasteiger partial charge on any atom is 0.157 e. The minimum Gasteiger partial charge on any atom is -0.486 e. The second-order valence-corrected chi connectivity index (χ2v) is 4.28. The fourth-order valence-electron chi connectivity index (χ4n) is 1.53. The van der Waals surface area contributed by atoms with Gasteiger partial charge in [-0.2, -0.15) is 5.10 Å². The van der Waals surface area contributed by atoms with Crippen LogP contribution < -0.4 is 10.5 Å². The zero-order valence-corrected chi connectivity index (χ0v) is 10.1. The van der Waals surface area contributed by atoms with Gasteiger partial charge >= 0.3 is 0 Å². The molecule has 0 amide bonds. The Bertz CT molecular complexity index is 491. The summed E-state index contributed by atoms with van der Waals surface area (Å²) < 4.78 is 7.51. The Hall–Kier alpha value is -1.97. The van der Waals surface area contributed by atoms with Crippen LogP contribution in [0.1, 0.15) is 25.5 Å². The molecule has 0 spiro atoms. The lowest BCUT2D eigenvalue weighted by molar-refractivity contribution is 0.305. The molecule has 2 aromatic rings. The average Bonchev–Trinajstić information content (AvgIpc) is 2.75. The summed E-state index contributed by atoms with van der Waals surface area (Å²) in [4.78, 5) is 0. The summed E-state index contributed by atoms with van der Waals surface area (Å²) in [5.41, 5.74) is 7.51. The van der Waals surface area contributed by atoms with Gasteiger partial charge in [0.05, 0.1) is 12.4 Å². The number of nitrogen functional groups attached to an aromatic ring is 1. The Kier molecular flexibility index (Phi) is 3.32. The van der Waals surface area contributed by atoms with Crippen LogP contribution in [0.15, 0.2) is 36.7 Å². The van der Waals surface area contributed by atoms with E-state index in [2.05, 4.69) is 18.9 Å². The number of ether oxygens (including phenoxy) is 1. The summed E-state index contributed by atoms with van der Waals surface area (Å²) in [6.45, 7) is 4.66. The fourth-order valence-corrected chi connectivity index (χ4v) is 1.53. The first-order chi connectivity index (χ1) is 8.15. The Morgan fingerprint density at radius 1 is 1.41 bits per heavy atom. The zero-order valence-electron chi connectivity index (χ0n) is 10.1. The van der Waals surface area contributed by atoms with Crippen molar-refractivity contribution in [1.29, 1.82) is 0 Å². The van der Waals surface area contributed by atoms with E-state index in [1.54, 1.807) is 6.20 Å². The SMILES string of the molecule is CC(C)n1cc(OCc2cccc(N)c2)cn1. The van der Waals surface area contributed by atoms with Gasteiger partial charge in [0, 0.05) is 11.7 Å². The van der Waals surface area contributed by atoms with Crippen molar-refractivity contribution in [3.63, 3.8) is 0 Å². The van der Waals surface area contributed by atoms with Crippen LogP contribution in [0.4, 0.5) is 5.69 Å².